The number of anilines is 1. The summed E-state index contributed by atoms with van der Waals surface area (Å²) in [5.74, 6) is -0.162. The molecule has 0 bridgehead atoms. The minimum Gasteiger partial charge on any atom is -0.378 e. The van der Waals surface area contributed by atoms with E-state index in [1.165, 1.54) is 0 Å². The van der Waals surface area contributed by atoms with Gasteiger partial charge in [0.1, 0.15) is 0 Å². The van der Waals surface area contributed by atoms with Gasteiger partial charge in [0, 0.05) is 31.5 Å². The van der Waals surface area contributed by atoms with Crippen molar-refractivity contribution in [1.82, 2.24) is 5.32 Å². The average molecular weight is 332 g/mol. The molecule has 5 nitrogen and oxygen atoms in total. The Hall–Kier alpha value is -1.88. The summed E-state index contributed by atoms with van der Waals surface area (Å²) in [6.45, 7) is 8.70. The van der Waals surface area contributed by atoms with Gasteiger partial charge in [-0.1, -0.05) is 32.9 Å². The first-order valence-corrected chi connectivity index (χ1v) is 8.60. The zero-order valence-corrected chi connectivity index (χ0v) is 15.3. The number of nitrogens with zero attached hydrogens (tertiary/aromatic N) is 1. The SMILES string of the molecule is CCO[C@H]1C[C@H](NC(=O)c2ccccc2N(C)C(=O)CC)C1(C)C. The maximum Gasteiger partial charge on any atom is 0.253 e. The highest BCUT2D eigenvalue weighted by Gasteiger charge is 2.49. The Morgan fingerprint density at radius 1 is 1.29 bits per heavy atom. The van der Waals surface area contributed by atoms with E-state index in [4.69, 9.17) is 4.74 Å². The van der Waals surface area contributed by atoms with Crippen LogP contribution >= 0.6 is 0 Å². The third-order valence-electron chi connectivity index (χ3n) is 5.04. The number of carbonyl (C=O) groups excluding carboxylic acids is 2. The van der Waals surface area contributed by atoms with Crippen LogP contribution < -0.4 is 10.2 Å². The predicted molar refractivity (Wildman–Crippen MR) is 95.2 cm³/mol. The number of carbonyl (C=O) groups is 2. The number of amides is 2. The Kier molecular flexibility index (Phi) is 5.65. The van der Waals surface area contributed by atoms with E-state index >= 15 is 0 Å². The fourth-order valence-corrected chi connectivity index (χ4v) is 3.18. The fraction of sp³-hybridized carbons (Fsp3) is 0.579. The number of hydrogen-bond donors (Lipinski definition) is 1. The summed E-state index contributed by atoms with van der Waals surface area (Å²) in [4.78, 5) is 26.3. The van der Waals surface area contributed by atoms with Crippen molar-refractivity contribution in [3.8, 4) is 0 Å². The van der Waals surface area contributed by atoms with Crippen LogP contribution in [0.3, 0.4) is 0 Å². The molecular formula is C19H28N2O3. The quantitative estimate of drug-likeness (QED) is 0.871. The van der Waals surface area contributed by atoms with Crippen molar-refractivity contribution in [2.24, 2.45) is 5.41 Å². The first-order chi connectivity index (χ1) is 11.3. The summed E-state index contributed by atoms with van der Waals surface area (Å²) < 4.78 is 5.71. The molecule has 1 aromatic rings. The second-order valence-electron chi connectivity index (χ2n) is 6.85. The highest BCUT2D eigenvalue weighted by Crippen LogP contribution is 2.43. The largest absolute Gasteiger partial charge is 0.378 e. The zero-order valence-electron chi connectivity index (χ0n) is 15.3. The normalized spacial score (nSPS) is 21.7. The molecule has 24 heavy (non-hydrogen) atoms. The van der Waals surface area contributed by atoms with Gasteiger partial charge in [-0.25, -0.2) is 0 Å². The van der Waals surface area contributed by atoms with Gasteiger partial charge in [0.2, 0.25) is 5.91 Å². The number of ether oxygens (including phenoxy) is 1. The van der Waals surface area contributed by atoms with Crippen LogP contribution in [0.15, 0.2) is 24.3 Å². The summed E-state index contributed by atoms with van der Waals surface area (Å²) in [7, 11) is 1.70. The molecule has 0 spiro atoms. The molecule has 0 saturated heterocycles. The lowest BCUT2D eigenvalue weighted by Gasteiger charge is -2.51. The second-order valence-corrected chi connectivity index (χ2v) is 6.85. The number of hydrogen-bond acceptors (Lipinski definition) is 3. The summed E-state index contributed by atoms with van der Waals surface area (Å²) >= 11 is 0. The molecule has 1 N–H and O–H groups in total. The summed E-state index contributed by atoms with van der Waals surface area (Å²) in [5, 5.41) is 3.11. The van der Waals surface area contributed by atoms with Gasteiger partial charge in [0.05, 0.1) is 17.4 Å². The summed E-state index contributed by atoms with van der Waals surface area (Å²) in [6, 6.07) is 7.29. The monoisotopic (exact) mass is 332 g/mol. The number of para-hydroxylation sites is 1. The standard InChI is InChI=1S/C19H28N2O3/c1-6-17(22)21(5)14-11-9-8-10-13(14)18(23)20-15-12-16(24-7-2)19(15,3)4/h8-11,15-16H,6-7,12H2,1-5H3,(H,20,23)/t15-,16-/m0/s1. The molecule has 2 amide bonds. The molecule has 2 atom stereocenters. The molecule has 1 saturated carbocycles. The topological polar surface area (TPSA) is 58.6 Å². The van der Waals surface area contributed by atoms with E-state index < -0.39 is 0 Å². The molecule has 0 aliphatic heterocycles. The Labute approximate surface area is 144 Å². The fourth-order valence-electron chi connectivity index (χ4n) is 3.18. The van der Waals surface area contributed by atoms with Crippen molar-refractivity contribution < 1.29 is 14.3 Å². The van der Waals surface area contributed by atoms with E-state index in [1.54, 1.807) is 24.1 Å². The van der Waals surface area contributed by atoms with Crippen molar-refractivity contribution in [2.75, 3.05) is 18.6 Å². The summed E-state index contributed by atoms with van der Waals surface area (Å²) in [6.07, 6.45) is 1.39. The van der Waals surface area contributed by atoms with Crippen molar-refractivity contribution in [3.05, 3.63) is 29.8 Å². The third kappa shape index (κ3) is 3.46. The average Bonchev–Trinajstić information content (AvgIpc) is 2.59. The molecule has 1 aliphatic rings. The molecule has 5 heteroatoms. The molecule has 1 aliphatic carbocycles. The minimum atomic E-state index is -0.144. The van der Waals surface area contributed by atoms with Crippen LogP contribution in [0.5, 0.6) is 0 Å². The van der Waals surface area contributed by atoms with Gasteiger partial charge < -0.3 is 15.0 Å². The van der Waals surface area contributed by atoms with Crippen LogP contribution in [0, 0.1) is 5.41 Å². The van der Waals surface area contributed by atoms with E-state index in [0.29, 0.717) is 24.3 Å². The van der Waals surface area contributed by atoms with Crippen LogP contribution in [0.1, 0.15) is 50.9 Å². The zero-order chi connectivity index (χ0) is 17.9. The predicted octanol–water partition coefficient (Wildman–Crippen LogP) is 2.99. The number of benzene rings is 1. The highest BCUT2D eigenvalue weighted by molar-refractivity contribution is 6.04. The van der Waals surface area contributed by atoms with Gasteiger partial charge in [-0.15, -0.1) is 0 Å². The molecule has 0 unspecified atom stereocenters. The van der Waals surface area contributed by atoms with Crippen molar-refractivity contribution >= 4 is 17.5 Å². The van der Waals surface area contributed by atoms with Crippen LogP contribution in [-0.4, -0.2) is 37.6 Å². The molecule has 2 rings (SSSR count). The Bertz CT molecular complexity index is 612. The lowest BCUT2D eigenvalue weighted by Crippen LogP contribution is -2.62. The van der Waals surface area contributed by atoms with Crippen LogP contribution in [0.25, 0.3) is 0 Å². The summed E-state index contributed by atoms with van der Waals surface area (Å²) in [5.41, 5.74) is 1.07. The van der Waals surface area contributed by atoms with Gasteiger partial charge >= 0.3 is 0 Å². The smallest absolute Gasteiger partial charge is 0.253 e. The van der Waals surface area contributed by atoms with E-state index in [1.807, 2.05) is 26.0 Å². The molecule has 132 valence electrons. The van der Waals surface area contributed by atoms with Gasteiger partial charge in [-0.3, -0.25) is 9.59 Å². The molecular weight excluding hydrogens is 304 g/mol. The maximum absolute atomic E-state index is 12.7. The van der Waals surface area contributed by atoms with E-state index in [-0.39, 0.29) is 29.4 Å². The second kappa shape index (κ2) is 7.34. The molecule has 0 radical (unpaired) electrons. The van der Waals surface area contributed by atoms with E-state index in [2.05, 4.69) is 19.2 Å². The first-order valence-electron chi connectivity index (χ1n) is 8.60. The van der Waals surface area contributed by atoms with Crippen molar-refractivity contribution in [3.63, 3.8) is 0 Å². The van der Waals surface area contributed by atoms with Gasteiger partial charge in [0.25, 0.3) is 5.91 Å². The highest BCUT2D eigenvalue weighted by atomic mass is 16.5. The Morgan fingerprint density at radius 3 is 2.54 bits per heavy atom. The van der Waals surface area contributed by atoms with Crippen LogP contribution in [0.4, 0.5) is 5.69 Å². The number of rotatable bonds is 6. The Balaban J connectivity index is 2.13. The van der Waals surface area contributed by atoms with Gasteiger partial charge in [-0.05, 0) is 25.5 Å². The van der Waals surface area contributed by atoms with E-state index in [9.17, 15) is 9.59 Å². The van der Waals surface area contributed by atoms with Crippen molar-refractivity contribution in [2.45, 2.75) is 52.7 Å². The number of nitrogens with one attached hydrogen (secondary N) is 1. The molecule has 0 aromatic heterocycles. The third-order valence-corrected chi connectivity index (χ3v) is 5.04. The lowest BCUT2D eigenvalue weighted by molar-refractivity contribution is -0.118. The molecule has 1 fully saturated rings. The van der Waals surface area contributed by atoms with Crippen LogP contribution in [0.2, 0.25) is 0 Å². The lowest BCUT2D eigenvalue weighted by atomic mass is 9.64. The van der Waals surface area contributed by atoms with Gasteiger partial charge in [0.15, 0.2) is 0 Å². The van der Waals surface area contributed by atoms with Crippen LogP contribution in [-0.2, 0) is 9.53 Å². The molecule has 0 heterocycles. The van der Waals surface area contributed by atoms with Gasteiger partial charge in [-0.2, -0.15) is 0 Å². The Morgan fingerprint density at radius 2 is 1.96 bits per heavy atom. The maximum atomic E-state index is 12.7. The first kappa shape index (κ1) is 18.5. The minimum absolute atomic E-state index is 0.0179. The van der Waals surface area contributed by atoms with Crippen molar-refractivity contribution in [1.29, 1.82) is 0 Å². The van der Waals surface area contributed by atoms with E-state index in [0.717, 1.165) is 6.42 Å². The molecule has 1 aromatic carbocycles.